The predicted octanol–water partition coefficient (Wildman–Crippen LogP) is 1.32. The van der Waals surface area contributed by atoms with Gasteiger partial charge < -0.3 is 10.0 Å². The molecule has 0 bridgehead atoms. The van der Waals surface area contributed by atoms with Gasteiger partial charge >= 0.3 is 0 Å². The van der Waals surface area contributed by atoms with E-state index in [1.54, 1.807) is 48.6 Å². The Labute approximate surface area is 105 Å². The van der Waals surface area contributed by atoms with Crippen LogP contribution in [0.3, 0.4) is 0 Å². The van der Waals surface area contributed by atoms with Gasteiger partial charge in [-0.15, -0.1) is 0 Å². The summed E-state index contributed by atoms with van der Waals surface area (Å²) in [7, 11) is 1.73. The monoisotopic (exact) mass is 245 g/mol. The van der Waals surface area contributed by atoms with Crippen LogP contribution in [0.25, 0.3) is 0 Å². The highest BCUT2D eigenvalue weighted by molar-refractivity contribution is 5.79. The molecule has 5 heteroatoms. The van der Waals surface area contributed by atoms with E-state index in [2.05, 4.69) is 10.2 Å². The Morgan fingerprint density at radius 1 is 1.44 bits per heavy atom. The molecule has 0 saturated heterocycles. The molecule has 0 aliphatic rings. The fourth-order valence-corrected chi connectivity index (χ4v) is 1.68. The lowest BCUT2D eigenvalue weighted by molar-refractivity contribution is -0.129. The Hall–Kier alpha value is -2.30. The van der Waals surface area contributed by atoms with Crippen molar-refractivity contribution in [2.75, 3.05) is 7.05 Å². The van der Waals surface area contributed by atoms with Crippen LogP contribution in [0.4, 0.5) is 0 Å². The van der Waals surface area contributed by atoms with Crippen LogP contribution in [-0.4, -0.2) is 33.2 Å². The Morgan fingerprint density at radius 2 is 2.22 bits per heavy atom. The largest absolute Gasteiger partial charge is 0.508 e. The first-order valence-electron chi connectivity index (χ1n) is 5.65. The minimum atomic E-state index is -0.0438. The average molecular weight is 245 g/mol. The minimum absolute atomic E-state index is 0.0438. The van der Waals surface area contributed by atoms with Crippen molar-refractivity contribution in [3.63, 3.8) is 0 Å². The summed E-state index contributed by atoms with van der Waals surface area (Å²) in [4.78, 5) is 13.6. The molecule has 2 N–H and O–H groups in total. The number of phenols is 1. The summed E-state index contributed by atoms with van der Waals surface area (Å²) < 4.78 is 0. The van der Waals surface area contributed by atoms with Crippen molar-refractivity contribution in [2.24, 2.45) is 0 Å². The molecule has 2 aromatic rings. The topological polar surface area (TPSA) is 69.2 Å². The van der Waals surface area contributed by atoms with Gasteiger partial charge in [0.2, 0.25) is 5.91 Å². The highest BCUT2D eigenvalue weighted by Gasteiger charge is 2.12. The van der Waals surface area contributed by atoms with Gasteiger partial charge in [0.15, 0.2) is 0 Å². The van der Waals surface area contributed by atoms with Crippen molar-refractivity contribution in [3.8, 4) is 5.75 Å². The molecule has 1 aromatic heterocycles. The number of H-pyrrole nitrogens is 1. The molecular formula is C13H15N3O2. The molecule has 1 heterocycles. The van der Waals surface area contributed by atoms with E-state index in [1.807, 2.05) is 0 Å². The molecule has 94 valence electrons. The number of benzene rings is 1. The number of aromatic hydroxyl groups is 1. The summed E-state index contributed by atoms with van der Waals surface area (Å²) in [5.41, 5.74) is 1.59. The third-order valence-corrected chi connectivity index (χ3v) is 2.73. The van der Waals surface area contributed by atoms with Crippen molar-refractivity contribution < 1.29 is 9.90 Å². The molecular weight excluding hydrogens is 230 g/mol. The number of hydrogen-bond acceptors (Lipinski definition) is 3. The van der Waals surface area contributed by atoms with Gasteiger partial charge in [0.1, 0.15) is 5.75 Å². The molecule has 2 rings (SSSR count). The number of amides is 1. The average Bonchev–Trinajstić information content (AvgIpc) is 2.84. The molecule has 0 spiro atoms. The molecule has 0 aliphatic carbocycles. The normalized spacial score (nSPS) is 10.3. The number of carbonyl (C=O) groups excluding carboxylic acids is 1. The van der Waals surface area contributed by atoms with E-state index in [0.29, 0.717) is 12.1 Å². The summed E-state index contributed by atoms with van der Waals surface area (Å²) in [5, 5.41) is 16.1. The molecule has 1 amide bonds. The lowest BCUT2D eigenvalue weighted by atomic mass is 10.1. The van der Waals surface area contributed by atoms with E-state index in [1.165, 1.54) is 0 Å². The second-order valence-electron chi connectivity index (χ2n) is 4.16. The fourth-order valence-electron chi connectivity index (χ4n) is 1.68. The van der Waals surface area contributed by atoms with Crippen molar-refractivity contribution >= 4 is 5.91 Å². The molecule has 0 aliphatic heterocycles. The number of aromatic amines is 1. The van der Waals surface area contributed by atoms with E-state index in [9.17, 15) is 9.90 Å². The highest BCUT2D eigenvalue weighted by Crippen LogP contribution is 2.17. The maximum Gasteiger partial charge on any atom is 0.227 e. The molecule has 0 atom stereocenters. The van der Waals surface area contributed by atoms with Gasteiger partial charge in [-0.3, -0.25) is 9.89 Å². The van der Waals surface area contributed by atoms with Crippen LogP contribution < -0.4 is 0 Å². The van der Waals surface area contributed by atoms with Crippen LogP contribution in [0, 0.1) is 0 Å². The minimum Gasteiger partial charge on any atom is -0.508 e. The number of phenolic OH excluding ortho intramolecular Hbond substituents is 1. The van der Waals surface area contributed by atoms with Crippen molar-refractivity contribution in [2.45, 2.75) is 13.0 Å². The van der Waals surface area contributed by atoms with Crippen LogP contribution in [0.15, 0.2) is 36.7 Å². The molecule has 0 radical (unpaired) electrons. The Bertz CT molecular complexity index is 523. The molecule has 0 fully saturated rings. The molecule has 0 saturated carbocycles. The van der Waals surface area contributed by atoms with E-state index < -0.39 is 0 Å². The van der Waals surface area contributed by atoms with Crippen LogP contribution in [-0.2, 0) is 17.8 Å². The van der Waals surface area contributed by atoms with E-state index in [-0.39, 0.29) is 18.1 Å². The fraction of sp³-hybridized carbons (Fsp3) is 0.231. The van der Waals surface area contributed by atoms with Gasteiger partial charge in [-0.25, -0.2) is 0 Å². The van der Waals surface area contributed by atoms with Crippen LogP contribution in [0.2, 0.25) is 0 Å². The number of hydrogen-bond donors (Lipinski definition) is 2. The first kappa shape index (κ1) is 12.2. The summed E-state index contributed by atoms with van der Waals surface area (Å²) in [6.45, 7) is 0.503. The Morgan fingerprint density at radius 3 is 2.89 bits per heavy atom. The highest BCUT2D eigenvalue weighted by atomic mass is 16.3. The molecule has 0 unspecified atom stereocenters. The maximum atomic E-state index is 12.0. The molecule has 18 heavy (non-hydrogen) atoms. The first-order valence-corrected chi connectivity index (χ1v) is 5.65. The molecule has 5 nitrogen and oxygen atoms in total. The van der Waals surface area contributed by atoms with Gasteiger partial charge in [-0.05, 0) is 6.07 Å². The summed E-state index contributed by atoms with van der Waals surface area (Å²) in [6, 6.07) is 6.87. The third kappa shape index (κ3) is 2.88. The summed E-state index contributed by atoms with van der Waals surface area (Å²) >= 11 is 0. The lowest BCUT2D eigenvalue weighted by Gasteiger charge is -2.16. The number of para-hydroxylation sites is 1. The smallest absolute Gasteiger partial charge is 0.227 e. The summed E-state index contributed by atoms with van der Waals surface area (Å²) in [5.74, 6) is 0.111. The van der Waals surface area contributed by atoms with Crippen LogP contribution >= 0.6 is 0 Å². The Kier molecular flexibility index (Phi) is 3.62. The number of carbonyl (C=O) groups is 1. The van der Waals surface area contributed by atoms with Gasteiger partial charge in [0.25, 0.3) is 0 Å². The van der Waals surface area contributed by atoms with Gasteiger partial charge in [-0.1, -0.05) is 18.2 Å². The van der Waals surface area contributed by atoms with E-state index in [0.717, 1.165) is 5.56 Å². The zero-order valence-electron chi connectivity index (χ0n) is 10.1. The Balaban J connectivity index is 1.98. The van der Waals surface area contributed by atoms with Gasteiger partial charge in [0, 0.05) is 30.9 Å². The third-order valence-electron chi connectivity index (χ3n) is 2.73. The lowest BCUT2D eigenvalue weighted by Crippen LogP contribution is -2.27. The molecule has 1 aromatic carbocycles. The quantitative estimate of drug-likeness (QED) is 0.853. The van der Waals surface area contributed by atoms with Crippen LogP contribution in [0.1, 0.15) is 11.1 Å². The van der Waals surface area contributed by atoms with E-state index in [4.69, 9.17) is 0 Å². The zero-order chi connectivity index (χ0) is 13.0. The second kappa shape index (κ2) is 5.35. The first-order chi connectivity index (χ1) is 8.66. The predicted molar refractivity (Wildman–Crippen MR) is 66.9 cm³/mol. The van der Waals surface area contributed by atoms with Gasteiger partial charge in [-0.2, -0.15) is 5.10 Å². The number of rotatable bonds is 4. The van der Waals surface area contributed by atoms with Crippen molar-refractivity contribution in [1.29, 1.82) is 0 Å². The van der Waals surface area contributed by atoms with Crippen LogP contribution in [0.5, 0.6) is 5.75 Å². The zero-order valence-corrected chi connectivity index (χ0v) is 10.1. The van der Waals surface area contributed by atoms with E-state index >= 15 is 0 Å². The number of nitrogens with one attached hydrogen (secondary N) is 1. The standard InChI is InChI=1S/C13H15N3O2/c1-16(9-10-7-14-15-8-10)13(18)6-11-4-2-3-5-12(11)17/h2-5,7-8,17H,6,9H2,1H3,(H,14,15). The number of likely N-dealkylation sites (N-methyl/N-ethyl adjacent to an activating group) is 1. The SMILES string of the molecule is CN(Cc1cn[nH]c1)C(=O)Cc1ccccc1O. The van der Waals surface area contributed by atoms with Crippen molar-refractivity contribution in [1.82, 2.24) is 15.1 Å². The van der Waals surface area contributed by atoms with Crippen molar-refractivity contribution in [3.05, 3.63) is 47.8 Å². The summed E-state index contributed by atoms with van der Waals surface area (Å²) in [6.07, 6.45) is 3.63. The van der Waals surface area contributed by atoms with Gasteiger partial charge in [0.05, 0.1) is 12.6 Å². The number of aromatic nitrogens is 2. The second-order valence-corrected chi connectivity index (χ2v) is 4.16. The number of nitrogens with zero attached hydrogens (tertiary/aromatic N) is 2. The maximum absolute atomic E-state index is 12.0.